The Morgan fingerprint density at radius 2 is 2.38 bits per heavy atom. The molecule has 0 spiro atoms. The van der Waals surface area contributed by atoms with E-state index in [4.69, 9.17) is 0 Å². The molecule has 13 heavy (non-hydrogen) atoms. The third-order valence-corrected chi connectivity index (χ3v) is 3.01. The molecule has 0 aromatic carbocycles. The molecule has 0 radical (unpaired) electrons. The van der Waals surface area contributed by atoms with Crippen LogP contribution >= 0.6 is 0 Å². The van der Waals surface area contributed by atoms with E-state index in [1.165, 1.54) is 25.2 Å². The summed E-state index contributed by atoms with van der Waals surface area (Å²) in [6, 6.07) is 0.709. The maximum Gasteiger partial charge on any atom is 0.109 e. The zero-order chi connectivity index (χ0) is 9.26. The Bertz CT molecular complexity index is 279. The van der Waals surface area contributed by atoms with Gasteiger partial charge in [-0.1, -0.05) is 0 Å². The minimum Gasteiger partial charge on any atom is -0.338 e. The van der Waals surface area contributed by atoms with Crippen molar-refractivity contribution in [1.82, 2.24) is 14.5 Å². The van der Waals surface area contributed by atoms with Crippen molar-refractivity contribution in [2.75, 3.05) is 13.6 Å². The Labute approximate surface area is 79.4 Å². The molecule has 0 N–H and O–H groups in total. The molecule has 2 heterocycles. The van der Waals surface area contributed by atoms with Crippen LogP contribution in [-0.2, 0) is 13.5 Å². The van der Waals surface area contributed by atoms with Crippen molar-refractivity contribution in [1.29, 1.82) is 0 Å². The van der Waals surface area contributed by atoms with E-state index in [1.54, 1.807) is 0 Å². The monoisotopic (exact) mass is 179 g/mol. The predicted molar refractivity (Wildman–Crippen MR) is 52.6 cm³/mol. The Kier molecular flexibility index (Phi) is 2.36. The molecule has 0 amide bonds. The third-order valence-electron chi connectivity index (χ3n) is 3.01. The van der Waals surface area contributed by atoms with Crippen molar-refractivity contribution < 1.29 is 0 Å². The van der Waals surface area contributed by atoms with Crippen LogP contribution in [0.25, 0.3) is 0 Å². The summed E-state index contributed by atoms with van der Waals surface area (Å²) in [5.74, 6) is 1.21. The highest BCUT2D eigenvalue weighted by Gasteiger charge is 2.22. The lowest BCUT2D eigenvalue weighted by atomic mass is 10.1. The van der Waals surface area contributed by atoms with E-state index in [0.29, 0.717) is 6.04 Å². The highest BCUT2D eigenvalue weighted by atomic mass is 15.2. The number of rotatable bonds is 2. The van der Waals surface area contributed by atoms with Gasteiger partial charge >= 0.3 is 0 Å². The standard InChI is InChI=1S/C10H17N3/c1-12-6-3-4-9(12)8-10-11-5-7-13(10)2/h5,7,9H,3-4,6,8H2,1-2H3/t9-/m1/s1. The minimum absolute atomic E-state index is 0.709. The van der Waals surface area contributed by atoms with Crippen LogP contribution in [0.1, 0.15) is 18.7 Å². The molecule has 1 aliphatic heterocycles. The number of aromatic nitrogens is 2. The number of likely N-dealkylation sites (N-methyl/N-ethyl adjacent to an activating group) is 1. The Morgan fingerprint density at radius 3 is 2.92 bits per heavy atom. The van der Waals surface area contributed by atoms with E-state index < -0.39 is 0 Å². The van der Waals surface area contributed by atoms with Crippen molar-refractivity contribution in [3.63, 3.8) is 0 Å². The fourth-order valence-corrected chi connectivity index (χ4v) is 2.04. The molecular weight excluding hydrogens is 162 g/mol. The van der Waals surface area contributed by atoms with Gasteiger partial charge in [0.05, 0.1) is 0 Å². The van der Waals surface area contributed by atoms with E-state index in [1.807, 2.05) is 12.4 Å². The van der Waals surface area contributed by atoms with E-state index in [0.717, 1.165) is 6.42 Å². The van der Waals surface area contributed by atoms with Crippen molar-refractivity contribution in [3.8, 4) is 0 Å². The number of imidazole rings is 1. The first-order chi connectivity index (χ1) is 6.27. The van der Waals surface area contributed by atoms with Crippen LogP contribution < -0.4 is 0 Å². The molecule has 3 nitrogen and oxygen atoms in total. The molecule has 1 aromatic heterocycles. The molecule has 1 atom stereocenters. The highest BCUT2D eigenvalue weighted by Crippen LogP contribution is 2.17. The molecule has 0 aliphatic carbocycles. The summed E-state index contributed by atoms with van der Waals surface area (Å²) in [4.78, 5) is 6.79. The lowest BCUT2D eigenvalue weighted by Crippen LogP contribution is -2.27. The van der Waals surface area contributed by atoms with E-state index in [-0.39, 0.29) is 0 Å². The maximum absolute atomic E-state index is 4.35. The molecule has 0 bridgehead atoms. The van der Waals surface area contributed by atoms with Crippen LogP contribution in [-0.4, -0.2) is 34.1 Å². The summed E-state index contributed by atoms with van der Waals surface area (Å²) in [5, 5.41) is 0. The number of hydrogen-bond donors (Lipinski definition) is 0. The quantitative estimate of drug-likeness (QED) is 0.677. The Morgan fingerprint density at radius 1 is 1.54 bits per heavy atom. The van der Waals surface area contributed by atoms with E-state index >= 15 is 0 Å². The second-order valence-electron chi connectivity index (χ2n) is 3.94. The average Bonchev–Trinajstić information content (AvgIpc) is 2.65. The molecule has 72 valence electrons. The molecule has 0 saturated carbocycles. The van der Waals surface area contributed by atoms with Gasteiger partial charge in [0.25, 0.3) is 0 Å². The van der Waals surface area contributed by atoms with Gasteiger partial charge in [-0.05, 0) is 26.4 Å². The molecular formula is C10H17N3. The minimum atomic E-state index is 0.709. The number of nitrogens with zero attached hydrogens (tertiary/aromatic N) is 3. The number of likely N-dealkylation sites (tertiary alicyclic amines) is 1. The molecule has 1 saturated heterocycles. The fourth-order valence-electron chi connectivity index (χ4n) is 2.04. The molecule has 1 aliphatic rings. The van der Waals surface area contributed by atoms with Gasteiger partial charge in [0.1, 0.15) is 5.82 Å². The highest BCUT2D eigenvalue weighted by molar-refractivity contribution is 4.96. The summed E-state index contributed by atoms with van der Waals surface area (Å²) < 4.78 is 2.12. The second kappa shape index (κ2) is 3.50. The molecule has 1 fully saturated rings. The lowest BCUT2D eigenvalue weighted by molar-refractivity contribution is 0.304. The number of aryl methyl sites for hydroxylation is 1. The SMILES string of the molecule is CN1CCC[C@@H]1Cc1nccn1C. The molecule has 0 unspecified atom stereocenters. The first-order valence-corrected chi connectivity index (χ1v) is 4.94. The van der Waals surface area contributed by atoms with Crippen LogP contribution in [0.15, 0.2) is 12.4 Å². The zero-order valence-electron chi connectivity index (χ0n) is 8.40. The van der Waals surface area contributed by atoms with Crippen LogP contribution in [0.4, 0.5) is 0 Å². The van der Waals surface area contributed by atoms with Gasteiger partial charge in [0.15, 0.2) is 0 Å². The first kappa shape index (κ1) is 8.75. The van der Waals surface area contributed by atoms with Crippen LogP contribution in [0.2, 0.25) is 0 Å². The van der Waals surface area contributed by atoms with Crippen LogP contribution in [0.5, 0.6) is 0 Å². The topological polar surface area (TPSA) is 21.1 Å². The molecule has 3 heteroatoms. The second-order valence-corrected chi connectivity index (χ2v) is 3.94. The first-order valence-electron chi connectivity index (χ1n) is 4.94. The maximum atomic E-state index is 4.35. The van der Waals surface area contributed by atoms with Crippen LogP contribution in [0, 0.1) is 0 Å². The summed E-state index contributed by atoms with van der Waals surface area (Å²) in [5.41, 5.74) is 0. The average molecular weight is 179 g/mol. The van der Waals surface area contributed by atoms with Gasteiger partial charge in [0, 0.05) is 31.9 Å². The van der Waals surface area contributed by atoms with Gasteiger partial charge in [-0.15, -0.1) is 0 Å². The summed E-state index contributed by atoms with van der Waals surface area (Å²) in [6.45, 7) is 1.25. The predicted octanol–water partition coefficient (Wildman–Crippen LogP) is 1.06. The van der Waals surface area contributed by atoms with Crippen molar-refractivity contribution in [3.05, 3.63) is 18.2 Å². The largest absolute Gasteiger partial charge is 0.338 e. The van der Waals surface area contributed by atoms with Crippen molar-refractivity contribution >= 4 is 0 Å². The van der Waals surface area contributed by atoms with Gasteiger partial charge in [0.2, 0.25) is 0 Å². The third kappa shape index (κ3) is 1.75. The molecule has 2 rings (SSSR count). The van der Waals surface area contributed by atoms with Gasteiger partial charge in [-0.2, -0.15) is 0 Å². The Hall–Kier alpha value is -0.830. The summed E-state index contributed by atoms with van der Waals surface area (Å²) >= 11 is 0. The van der Waals surface area contributed by atoms with E-state index in [9.17, 15) is 0 Å². The molecule has 1 aromatic rings. The normalized spacial score (nSPS) is 24.0. The van der Waals surface area contributed by atoms with Crippen LogP contribution in [0.3, 0.4) is 0 Å². The zero-order valence-corrected chi connectivity index (χ0v) is 8.40. The smallest absolute Gasteiger partial charge is 0.109 e. The fraction of sp³-hybridized carbons (Fsp3) is 0.700. The van der Waals surface area contributed by atoms with Crippen molar-refractivity contribution in [2.45, 2.75) is 25.3 Å². The van der Waals surface area contributed by atoms with Gasteiger partial charge in [-0.3, -0.25) is 0 Å². The van der Waals surface area contributed by atoms with E-state index in [2.05, 4.69) is 28.5 Å². The number of hydrogen-bond acceptors (Lipinski definition) is 2. The lowest BCUT2D eigenvalue weighted by Gasteiger charge is -2.18. The van der Waals surface area contributed by atoms with Crippen molar-refractivity contribution in [2.24, 2.45) is 7.05 Å². The Balaban J connectivity index is 2.01. The van der Waals surface area contributed by atoms with Gasteiger partial charge < -0.3 is 9.47 Å². The summed E-state index contributed by atoms with van der Waals surface area (Å²) in [6.07, 6.45) is 7.66. The summed E-state index contributed by atoms with van der Waals surface area (Å²) in [7, 11) is 4.28. The van der Waals surface area contributed by atoms with Gasteiger partial charge in [-0.25, -0.2) is 4.98 Å².